The van der Waals surface area contributed by atoms with Crippen molar-refractivity contribution in [2.45, 2.75) is 13.3 Å². The molecule has 0 fully saturated rings. The van der Waals surface area contributed by atoms with Crippen molar-refractivity contribution in [2.75, 3.05) is 6.54 Å². The van der Waals surface area contributed by atoms with Gasteiger partial charge in [-0.3, -0.25) is 14.9 Å². The fourth-order valence-corrected chi connectivity index (χ4v) is 2.53. The molecule has 3 rings (SSSR count). The molecule has 0 spiro atoms. The molecule has 0 saturated carbocycles. The van der Waals surface area contributed by atoms with Crippen LogP contribution in [0.15, 0.2) is 57.7 Å². The van der Waals surface area contributed by atoms with E-state index in [4.69, 9.17) is 9.15 Å². The molecule has 0 bridgehead atoms. The highest BCUT2D eigenvalue weighted by atomic mass is 16.6. The third kappa shape index (κ3) is 4.46. The number of nitrogens with one attached hydrogen (secondary N) is 1. The predicted molar refractivity (Wildman–Crippen MR) is 103 cm³/mol. The van der Waals surface area contributed by atoms with Crippen molar-refractivity contribution in [2.24, 2.45) is 0 Å². The highest BCUT2D eigenvalue weighted by molar-refractivity contribution is 5.97. The maximum absolute atomic E-state index is 12.2. The Balaban J connectivity index is 1.82. The fourth-order valence-electron chi connectivity index (χ4n) is 2.53. The van der Waals surface area contributed by atoms with Gasteiger partial charge in [-0.05, 0) is 36.8 Å². The van der Waals surface area contributed by atoms with Crippen LogP contribution >= 0.6 is 0 Å². The molecule has 1 amide bonds. The van der Waals surface area contributed by atoms with Gasteiger partial charge in [0.1, 0.15) is 16.9 Å². The van der Waals surface area contributed by atoms with Crippen LogP contribution in [-0.2, 0) is 0 Å². The lowest BCUT2D eigenvalue weighted by Crippen LogP contribution is -2.28. The largest absolute Gasteiger partial charge is 0.423 e. The van der Waals surface area contributed by atoms with Crippen LogP contribution in [0.4, 0.5) is 5.69 Å². The van der Waals surface area contributed by atoms with Crippen molar-refractivity contribution in [1.82, 2.24) is 5.32 Å². The average molecular weight is 396 g/mol. The number of nitro groups is 1. The Morgan fingerprint density at radius 1 is 1.14 bits per heavy atom. The van der Waals surface area contributed by atoms with Crippen molar-refractivity contribution in [1.29, 1.82) is 0 Å². The van der Waals surface area contributed by atoms with Crippen LogP contribution in [0.25, 0.3) is 11.0 Å². The van der Waals surface area contributed by atoms with E-state index in [9.17, 15) is 24.5 Å². The molecular formula is C20H16N2O7. The first-order chi connectivity index (χ1) is 13.9. The summed E-state index contributed by atoms with van der Waals surface area (Å²) in [5.74, 6) is -1.12. The van der Waals surface area contributed by atoms with Gasteiger partial charge in [0.05, 0.1) is 10.5 Å². The first-order valence-electron chi connectivity index (χ1n) is 8.72. The number of amides is 1. The number of ether oxygens (including phenoxy) is 1. The number of rotatable bonds is 6. The minimum Gasteiger partial charge on any atom is -0.423 e. The van der Waals surface area contributed by atoms with E-state index < -0.39 is 22.4 Å². The van der Waals surface area contributed by atoms with Gasteiger partial charge in [0.2, 0.25) is 0 Å². The van der Waals surface area contributed by atoms with Crippen LogP contribution in [0.3, 0.4) is 0 Å². The summed E-state index contributed by atoms with van der Waals surface area (Å²) in [7, 11) is 0. The van der Waals surface area contributed by atoms with E-state index in [1.54, 1.807) is 6.07 Å². The second kappa shape index (κ2) is 8.34. The molecule has 1 aromatic heterocycles. The zero-order valence-electron chi connectivity index (χ0n) is 15.3. The maximum Gasteiger partial charge on any atom is 0.349 e. The lowest BCUT2D eigenvalue weighted by Gasteiger charge is -2.06. The number of nitro benzene ring substituents is 1. The van der Waals surface area contributed by atoms with Gasteiger partial charge in [-0.1, -0.05) is 6.92 Å². The van der Waals surface area contributed by atoms with Crippen LogP contribution in [0.5, 0.6) is 5.75 Å². The van der Waals surface area contributed by atoms with Gasteiger partial charge < -0.3 is 14.5 Å². The van der Waals surface area contributed by atoms with Crippen LogP contribution in [-0.4, -0.2) is 23.3 Å². The van der Waals surface area contributed by atoms with Crippen molar-refractivity contribution in [3.8, 4) is 5.75 Å². The van der Waals surface area contributed by atoms with Crippen molar-refractivity contribution < 1.29 is 23.7 Å². The van der Waals surface area contributed by atoms with E-state index in [1.165, 1.54) is 42.5 Å². The summed E-state index contributed by atoms with van der Waals surface area (Å²) in [5.41, 5.74) is -0.782. The van der Waals surface area contributed by atoms with Crippen LogP contribution < -0.4 is 15.7 Å². The van der Waals surface area contributed by atoms with Gasteiger partial charge in [-0.2, -0.15) is 0 Å². The SMILES string of the molecule is CCCNC(=O)c1cc2ccc(OC(=O)c3ccc([N+](=O)[O-])cc3)cc2oc1=O. The highest BCUT2D eigenvalue weighted by Gasteiger charge is 2.15. The normalized spacial score (nSPS) is 10.5. The summed E-state index contributed by atoms with van der Waals surface area (Å²) < 4.78 is 10.4. The number of hydrogen-bond acceptors (Lipinski definition) is 7. The molecule has 0 aliphatic carbocycles. The minimum atomic E-state index is -0.801. The second-order valence-corrected chi connectivity index (χ2v) is 6.10. The number of fused-ring (bicyclic) bond motifs is 1. The van der Waals surface area contributed by atoms with Gasteiger partial charge in [0, 0.05) is 30.1 Å². The van der Waals surface area contributed by atoms with Crippen LogP contribution in [0, 0.1) is 10.1 Å². The summed E-state index contributed by atoms with van der Waals surface area (Å²) in [5, 5.41) is 13.8. The molecule has 1 N–H and O–H groups in total. The molecule has 148 valence electrons. The first-order valence-corrected chi connectivity index (χ1v) is 8.72. The Hall–Kier alpha value is -4.01. The smallest absolute Gasteiger partial charge is 0.349 e. The van der Waals surface area contributed by atoms with Crippen molar-refractivity contribution >= 4 is 28.5 Å². The summed E-state index contributed by atoms with van der Waals surface area (Å²) in [4.78, 5) is 46.4. The van der Waals surface area contributed by atoms with Gasteiger partial charge in [-0.15, -0.1) is 0 Å². The molecule has 0 unspecified atom stereocenters. The third-order valence-corrected chi connectivity index (χ3v) is 4.01. The van der Waals surface area contributed by atoms with E-state index in [0.717, 1.165) is 6.42 Å². The van der Waals surface area contributed by atoms with Gasteiger partial charge in [0.25, 0.3) is 11.6 Å². The topological polar surface area (TPSA) is 129 Å². The zero-order valence-corrected chi connectivity index (χ0v) is 15.3. The third-order valence-electron chi connectivity index (χ3n) is 4.01. The van der Waals surface area contributed by atoms with E-state index >= 15 is 0 Å². The Kier molecular flexibility index (Phi) is 5.68. The predicted octanol–water partition coefficient (Wildman–Crippen LogP) is 3.06. The highest BCUT2D eigenvalue weighted by Crippen LogP contribution is 2.22. The number of carbonyl (C=O) groups is 2. The van der Waals surface area contributed by atoms with Crippen LogP contribution in [0.1, 0.15) is 34.1 Å². The molecule has 0 saturated heterocycles. The molecule has 9 heteroatoms. The standard InChI is InChI=1S/C20H16N2O7/c1-2-9-21-18(23)16-10-13-5-8-15(11-17(13)29-20(16)25)28-19(24)12-3-6-14(7-4-12)22(26)27/h3-8,10-11H,2,9H2,1H3,(H,21,23). The molecule has 0 radical (unpaired) electrons. The number of non-ortho nitro benzene ring substituents is 1. The lowest BCUT2D eigenvalue weighted by molar-refractivity contribution is -0.384. The average Bonchev–Trinajstić information content (AvgIpc) is 2.71. The molecule has 9 nitrogen and oxygen atoms in total. The molecule has 2 aromatic carbocycles. The van der Waals surface area contributed by atoms with Crippen molar-refractivity contribution in [3.05, 3.63) is 80.2 Å². The first kappa shape index (κ1) is 19.7. The van der Waals surface area contributed by atoms with Gasteiger partial charge in [0.15, 0.2) is 0 Å². The number of benzene rings is 2. The van der Waals surface area contributed by atoms with Crippen molar-refractivity contribution in [3.63, 3.8) is 0 Å². The van der Waals surface area contributed by atoms with E-state index in [1.807, 2.05) is 6.92 Å². The molecule has 3 aromatic rings. The van der Waals surface area contributed by atoms with Crippen LogP contribution in [0.2, 0.25) is 0 Å². The Morgan fingerprint density at radius 2 is 1.86 bits per heavy atom. The molecular weight excluding hydrogens is 380 g/mol. The maximum atomic E-state index is 12.2. The van der Waals surface area contributed by atoms with Gasteiger partial charge >= 0.3 is 11.6 Å². The van der Waals surface area contributed by atoms with E-state index in [2.05, 4.69) is 5.32 Å². The molecule has 1 heterocycles. The Bertz CT molecular complexity index is 1150. The van der Waals surface area contributed by atoms with E-state index in [0.29, 0.717) is 11.9 Å². The molecule has 0 aliphatic rings. The summed E-state index contributed by atoms with van der Waals surface area (Å²) in [6, 6.07) is 10.8. The number of carbonyl (C=O) groups excluding carboxylic acids is 2. The number of nitrogens with zero attached hydrogens (tertiary/aromatic N) is 1. The molecule has 29 heavy (non-hydrogen) atoms. The Labute approximate surface area is 164 Å². The number of hydrogen-bond donors (Lipinski definition) is 1. The lowest BCUT2D eigenvalue weighted by atomic mass is 10.1. The number of esters is 1. The minimum absolute atomic E-state index is 0.110. The molecule has 0 atom stereocenters. The van der Waals surface area contributed by atoms with Gasteiger partial charge in [-0.25, -0.2) is 9.59 Å². The summed E-state index contributed by atoms with van der Waals surface area (Å²) in [6.07, 6.45) is 0.730. The van der Waals surface area contributed by atoms with E-state index in [-0.39, 0.29) is 28.1 Å². The summed E-state index contributed by atoms with van der Waals surface area (Å²) >= 11 is 0. The quantitative estimate of drug-likeness (QED) is 0.223. The monoisotopic (exact) mass is 396 g/mol. The molecule has 0 aliphatic heterocycles. The Morgan fingerprint density at radius 3 is 2.52 bits per heavy atom. The second-order valence-electron chi connectivity index (χ2n) is 6.10. The summed E-state index contributed by atoms with van der Waals surface area (Å²) in [6.45, 7) is 2.33. The zero-order chi connectivity index (χ0) is 21.0. The fraction of sp³-hybridized carbons (Fsp3) is 0.150.